The van der Waals surface area contributed by atoms with E-state index >= 15 is 0 Å². The molecule has 5 nitrogen and oxygen atoms in total. The second-order valence-electron chi connectivity index (χ2n) is 4.60. The van der Waals surface area contributed by atoms with Gasteiger partial charge >= 0.3 is 0 Å². The van der Waals surface area contributed by atoms with Crippen LogP contribution in [-0.4, -0.2) is 41.0 Å². The Kier molecular flexibility index (Phi) is 4.09. The van der Waals surface area contributed by atoms with Gasteiger partial charge in [-0.2, -0.15) is 0 Å². The molecule has 0 bridgehead atoms. The third kappa shape index (κ3) is 3.26. The van der Waals surface area contributed by atoms with E-state index in [1.807, 2.05) is 0 Å². The van der Waals surface area contributed by atoms with E-state index in [1.54, 1.807) is 17.0 Å². The lowest BCUT2D eigenvalue weighted by atomic mass is 10.2. The summed E-state index contributed by atoms with van der Waals surface area (Å²) in [6, 6.07) is 4.76. The van der Waals surface area contributed by atoms with Gasteiger partial charge in [-0.05, 0) is 24.6 Å². The Morgan fingerprint density at radius 2 is 2.21 bits per heavy atom. The van der Waals surface area contributed by atoms with Crippen molar-refractivity contribution in [2.45, 2.75) is 19.4 Å². The standard InChI is InChI=1S/C13H15BrN2O3/c1-8(17)15-10-4-5-16(7-10)13(19)11-6-9(14)2-3-12(11)18/h2-3,6,10,18H,4-5,7H2,1H3,(H,15,17). The summed E-state index contributed by atoms with van der Waals surface area (Å²) in [4.78, 5) is 24.9. The summed E-state index contributed by atoms with van der Waals surface area (Å²) in [5.41, 5.74) is 0.276. The van der Waals surface area contributed by atoms with Crippen LogP contribution in [0.15, 0.2) is 22.7 Å². The van der Waals surface area contributed by atoms with E-state index < -0.39 is 0 Å². The highest BCUT2D eigenvalue weighted by atomic mass is 79.9. The van der Waals surface area contributed by atoms with Crippen LogP contribution in [0.25, 0.3) is 0 Å². The first-order valence-electron chi connectivity index (χ1n) is 6.02. The van der Waals surface area contributed by atoms with Gasteiger partial charge in [-0.1, -0.05) is 15.9 Å². The van der Waals surface area contributed by atoms with E-state index in [1.165, 1.54) is 13.0 Å². The molecular weight excluding hydrogens is 312 g/mol. The predicted octanol–water partition coefficient (Wildman–Crippen LogP) is 1.51. The number of amides is 2. The molecule has 1 atom stereocenters. The van der Waals surface area contributed by atoms with Crippen molar-refractivity contribution in [2.75, 3.05) is 13.1 Å². The number of benzene rings is 1. The van der Waals surface area contributed by atoms with Crippen molar-refractivity contribution >= 4 is 27.7 Å². The molecule has 1 heterocycles. The molecule has 0 radical (unpaired) electrons. The maximum atomic E-state index is 12.3. The monoisotopic (exact) mass is 326 g/mol. The number of phenols is 1. The van der Waals surface area contributed by atoms with Gasteiger partial charge in [-0.3, -0.25) is 9.59 Å². The van der Waals surface area contributed by atoms with E-state index in [9.17, 15) is 14.7 Å². The minimum atomic E-state index is -0.216. The fraction of sp³-hybridized carbons (Fsp3) is 0.385. The largest absolute Gasteiger partial charge is 0.507 e. The smallest absolute Gasteiger partial charge is 0.257 e. The van der Waals surface area contributed by atoms with E-state index in [0.717, 1.165) is 10.9 Å². The first-order chi connectivity index (χ1) is 8.97. The molecule has 19 heavy (non-hydrogen) atoms. The molecule has 1 saturated heterocycles. The predicted molar refractivity (Wildman–Crippen MR) is 73.9 cm³/mol. The minimum Gasteiger partial charge on any atom is -0.507 e. The maximum Gasteiger partial charge on any atom is 0.257 e. The highest BCUT2D eigenvalue weighted by molar-refractivity contribution is 9.10. The average molecular weight is 327 g/mol. The van der Waals surface area contributed by atoms with Crippen molar-refractivity contribution in [3.05, 3.63) is 28.2 Å². The molecule has 0 aromatic heterocycles. The average Bonchev–Trinajstić information content (AvgIpc) is 2.79. The SMILES string of the molecule is CC(=O)NC1CCN(C(=O)c2cc(Br)ccc2O)C1. The van der Waals surface area contributed by atoms with Crippen molar-refractivity contribution in [2.24, 2.45) is 0 Å². The van der Waals surface area contributed by atoms with E-state index in [2.05, 4.69) is 21.2 Å². The lowest BCUT2D eigenvalue weighted by molar-refractivity contribution is -0.119. The van der Waals surface area contributed by atoms with Crippen molar-refractivity contribution < 1.29 is 14.7 Å². The number of halogens is 1. The first-order valence-corrected chi connectivity index (χ1v) is 6.81. The Balaban J connectivity index is 2.09. The highest BCUT2D eigenvalue weighted by Gasteiger charge is 2.28. The second kappa shape index (κ2) is 5.61. The zero-order valence-electron chi connectivity index (χ0n) is 10.5. The first kappa shape index (κ1) is 13.9. The topological polar surface area (TPSA) is 69.6 Å². The normalized spacial score (nSPS) is 18.4. The van der Waals surface area contributed by atoms with Gasteiger partial charge in [0.1, 0.15) is 5.75 Å². The molecule has 2 amide bonds. The lowest BCUT2D eigenvalue weighted by Gasteiger charge is -2.17. The van der Waals surface area contributed by atoms with E-state index in [4.69, 9.17) is 0 Å². The van der Waals surface area contributed by atoms with Crippen LogP contribution < -0.4 is 5.32 Å². The zero-order chi connectivity index (χ0) is 14.0. The Morgan fingerprint density at radius 1 is 1.47 bits per heavy atom. The number of carbonyl (C=O) groups is 2. The van der Waals surface area contributed by atoms with Gasteiger partial charge in [-0.25, -0.2) is 0 Å². The van der Waals surface area contributed by atoms with Gasteiger partial charge in [0.15, 0.2) is 0 Å². The molecule has 102 valence electrons. The van der Waals surface area contributed by atoms with Gasteiger partial charge in [-0.15, -0.1) is 0 Å². The van der Waals surface area contributed by atoms with Crippen LogP contribution in [-0.2, 0) is 4.79 Å². The summed E-state index contributed by atoms with van der Waals surface area (Å²) >= 11 is 3.28. The molecule has 1 fully saturated rings. The Bertz CT molecular complexity index is 519. The summed E-state index contributed by atoms with van der Waals surface area (Å²) < 4.78 is 0.742. The summed E-state index contributed by atoms with van der Waals surface area (Å²) in [6.45, 7) is 2.52. The molecule has 1 unspecified atom stereocenters. The number of nitrogens with one attached hydrogen (secondary N) is 1. The van der Waals surface area contributed by atoms with Crippen LogP contribution in [0.1, 0.15) is 23.7 Å². The van der Waals surface area contributed by atoms with Crippen molar-refractivity contribution in [3.8, 4) is 5.75 Å². The fourth-order valence-corrected chi connectivity index (χ4v) is 2.56. The Labute approximate surface area is 119 Å². The molecule has 2 rings (SSSR count). The van der Waals surface area contributed by atoms with Crippen LogP contribution in [0.3, 0.4) is 0 Å². The van der Waals surface area contributed by atoms with Crippen molar-refractivity contribution in [3.63, 3.8) is 0 Å². The van der Waals surface area contributed by atoms with Gasteiger partial charge in [0.05, 0.1) is 5.56 Å². The molecule has 0 aliphatic carbocycles. The van der Waals surface area contributed by atoms with Crippen LogP contribution in [0.2, 0.25) is 0 Å². The molecule has 2 N–H and O–H groups in total. The van der Waals surface area contributed by atoms with Crippen LogP contribution in [0.5, 0.6) is 5.75 Å². The van der Waals surface area contributed by atoms with Crippen LogP contribution in [0.4, 0.5) is 0 Å². The number of rotatable bonds is 2. The van der Waals surface area contributed by atoms with Crippen molar-refractivity contribution in [1.29, 1.82) is 0 Å². The zero-order valence-corrected chi connectivity index (χ0v) is 12.1. The number of likely N-dealkylation sites (tertiary alicyclic amines) is 1. The molecule has 1 aliphatic rings. The molecule has 1 aliphatic heterocycles. The number of hydrogen-bond acceptors (Lipinski definition) is 3. The summed E-state index contributed by atoms with van der Waals surface area (Å²) in [7, 11) is 0. The third-order valence-corrected chi connectivity index (χ3v) is 3.57. The number of aromatic hydroxyl groups is 1. The fourth-order valence-electron chi connectivity index (χ4n) is 2.20. The molecule has 0 spiro atoms. The van der Waals surface area contributed by atoms with Gasteiger partial charge in [0, 0.05) is 30.5 Å². The molecule has 6 heteroatoms. The maximum absolute atomic E-state index is 12.3. The minimum absolute atomic E-state index is 0.00394. The number of carbonyl (C=O) groups excluding carboxylic acids is 2. The quantitative estimate of drug-likeness (QED) is 0.865. The Morgan fingerprint density at radius 3 is 2.89 bits per heavy atom. The van der Waals surface area contributed by atoms with Crippen molar-refractivity contribution in [1.82, 2.24) is 10.2 Å². The van der Waals surface area contributed by atoms with Crippen LogP contribution >= 0.6 is 15.9 Å². The number of nitrogens with zero attached hydrogens (tertiary/aromatic N) is 1. The van der Waals surface area contributed by atoms with E-state index in [-0.39, 0.29) is 29.2 Å². The second-order valence-corrected chi connectivity index (χ2v) is 5.51. The highest BCUT2D eigenvalue weighted by Crippen LogP contribution is 2.24. The van der Waals surface area contributed by atoms with Crippen LogP contribution in [0, 0.1) is 0 Å². The summed E-state index contributed by atoms with van der Waals surface area (Å²) in [6.07, 6.45) is 0.736. The molecule has 1 aromatic rings. The van der Waals surface area contributed by atoms with Gasteiger partial charge in [0.25, 0.3) is 5.91 Å². The Hall–Kier alpha value is -1.56. The summed E-state index contributed by atoms with van der Waals surface area (Å²) in [5, 5.41) is 12.5. The van der Waals surface area contributed by atoms with Gasteiger partial charge in [0.2, 0.25) is 5.91 Å². The molecule has 0 saturated carbocycles. The third-order valence-electron chi connectivity index (χ3n) is 3.07. The molecule has 1 aromatic carbocycles. The number of hydrogen-bond donors (Lipinski definition) is 2. The lowest BCUT2D eigenvalue weighted by Crippen LogP contribution is -2.37. The van der Waals surface area contributed by atoms with Gasteiger partial charge < -0.3 is 15.3 Å². The summed E-state index contributed by atoms with van der Waals surface area (Å²) in [5.74, 6) is -0.340. The number of phenolic OH excluding ortho intramolecular Hbond substituents is 1. The molecular formula is C13H15BrN2O3. The van der Waals surface area contributed by atoms with E-state index in [0.29, 0.717) is 13.1 Å².